The number of anilines is 1. The molecule has 6 heteroatoms. The van der Waals surface area contributed by atoms with Crippen molar-refractivity contribution in [3.63, 3.8) is 0 Å². The Kier molecular flexibility index (Phi) is 4.54. The molecule has 1 aromatic heterocycles. The Morgan fingerprint density at radius 1 is 0.903 bits per heavy atom. The maximum atomic E-state index is 11.8. The van der Waals surface area contributed by atoms with Crippen LogP contribution in [0.5, 0.6) is 0 Å². The van der Waals surface area contributed by atoms with E-state index in [-0.39, 0.29) is 17.1 Å². The Bertz CT molecular complexity index is 1160. The fourth-order valence-electron chi connectivity index (χ4n) is 4.09. The first-order valence-corrected chi connectivity index (χ1v) is 10.6. The fourth-order valence-corrected chi connectivity index (χ4v) is 4.09. The minimum atomic E-state index is -0.436. The molecule has 156 valence electrons. The summed E-state index contributed by atoms with van der Waals surface area (Å²) >= 11 is 0. The van der Waals surface area contributed by atoms with Gasteiger partial charge in [0, 0.05) is 23.5 Å². The van der Waals surface area contributed by atoms with Gasteiger partial charge < -0.3 is 14.6 Å². The topological polar surface area (TPSA) is 60.5 Å². The van der Waals surface area contributed by atoms with E-state index in [0.29, 0.717) is 6.42 Å². The number of carbonyl (C=O) groups excluding carboxylic acids is 1. The number of rotatable bonds is 3. The van der Waals surface area contributed by atoms with Crippen LogP contribution in [0, 0.1) is 0 Å². The summed E-state index contributed by atoms with van der Waals surface area (Å²) in [7, 11) is -0.436. The Morgan fingerprint density at radius 2 is 1.58 bits per heavy atom. The maximum Gasteiger partial charge on any atom is 0.496 e. The number of hydrogen-bond donors (Lipinski definition) is 1. The van der Waals surface area contributed by atoms with E-state index >= 15 is 0 Å². The van der Waals surface area contributed by atoms with Gasteiger partial charge in [-0.3, -0.25) is 9.78 Å². The Balaban J connectivity index is 1.43. The first kappa shape index (κ1) is 20.0. The van der Waals surface area contributed by atoms with E-state index in [9.17, 15) is 4.79 Å². The van der Waals surface area contributed by atoms with E-state index in [4.69, 9.17) is 9.31 Å². The van der Waals surface area contributed by atoms with Crippen LogP contribution >= 0.6 is 0 Å². The Hall–Kier alpha value is -2.96. The number of nitrogens with one attached hydrogen (secondary N) is 1. The van der Waals surface area contributed by atoms with Gasteiger partial charge in [0.15, 0.2) is 0 Å². The zero-order chi connectivity index (χ0) is 21.8. The van der Waals surface area contributed by atoms with E-state index in [1.807, 2.05) is 46.0 Å². The van der Waals surface area contributed by atoms with Crippen molar-refractivity contribution < 1.29 is 14.1 Å². The van der Waals surface area contributed by atoms with Crippen LogP contribution in [0.25, 0.3) is 22.3 Å². The predicted octanol–water partition coefficient (Wildman–Crippen LogP) is 4.21. The molecule has 0 atom stereocenters. The van der Waals surface area contributed by atoms with E-state index < -0.39 is 7.12 Å². The molecule has 1 N–H and O–H groups in total. The van der Waals surface area contributed by atoms with E-state index in [2.05, 4.69) is 46.7 Å². The van der Waals surface area contributed by atoms with Crippen LogP contribution < -0.4 is 10.8 Å². The molecule has 1 fully saturated rings. The number of hydrogen-bond acceptors (Lipinski definition) is 4. The average Bonchev–Trinajstić information content (AvgIpc) is 3.23. The molecule has 3 aromatic rings. The summed E-state index contributed by atoms with van der Waals surface area (Å²) in [6.07, 6.45) is 4.08. The van der Waals surface area contributed by atoms with Crippen molar-refractivity contribution in [3.05, 3.63) is 66.5 Å². The maximum absolute atomic E-state index is 11.8. The highest BCUT2D eigenvalue weighted by atomic mass is 16.7. The van der Waals surface area contributed by atoms with E-state index in [1.165, 1.54) is 0 Å². The third-order valence-corrected chi connectivity index (χ3v) is 6.60. The van der Waals surface area contributed by atoms with Crippen molar-refractivity contribution in [2.24, 2.45) is 0 Å². The molecule has 2 aliphatic heterocycles. The van der Waals surface area contributed by atoms with Gasteiger partial charge in [-0.05, 0) is 61.6 Å². The molecule has 5 nitrogen and oxygen atoms in total. The van der Waals surface area contributed by atoms with Crippen molar-refractivity contribution in [2.75, 3.05) is 5.32 Å². The van der Waals surface area contributed by atoms with Gasteiger partial charge in [0.25, 0.3) is 0 Å². The van der Waals surface area contributed by atoms with Crippen LogP contribution in [0.3, 0.4) is 0 Å². The van der Waals surface area contributed by atoms with Crippen molar-refractivity contribution in [2.45, 2.75) is 45.3 Å². The van der Waals surface area contributed by atoms with Gasteiger partial charge in [-0.2, -0.15) is 0 Å². The molecule has 3 heterocycles. The highest BCUT2D eigenvalue weighted by Crippen LogP contribution is 2.37. The van der Waals surface area contributed by atoms with Gasteiger partial charge in [-0.25, -0.2) is 0 Å². The number of nitrogens with zero attached hydrogens (tertiary/aromatic N) is 1. The van der Waals surface area contributed by atoms with Gasteiger partial charge in [0.2, 0.25) is 5.91 Å². The number of fused-ring (bicyclic) bond motifs is 1. The predicted molar refractivity (Wildman–Crippen MR) is 123 cm³/mol. The molecule has 2 aromatic carbocycles. The number of benzene rings is 2. The van der Waals surface area contributed by atoms with Crippen LogP contribution in [0.2, 0.25) is 0 Å². The van der Waals surface area contributed by atoms with Gasteiger partial charge in [-0.1, -0.05) is 42.5 Å². The highest BCUT2D eigenvalue weighted by Gasteiger charge is 2.51. The monoisotopic (exact) mass is 412 g/mol. The third-order valence-electron chi connectivity index (χ3n) is 6.60. The zero-order valence-corrected chi connectivity index (χ0v) is 18.2. The second kappa shape index (κ2) is 7.04. The van der Waals surface area contributed by atoms with Crippen molar-refractivity contribution in [3.8, 4) is 22.3 Å². The Labute approximate surface area is 183 Å². The largest absolute Gasteiger partial charge is 0.496 e. The quantitative estimate of drug-likeness (QED) is 0.655. The fraction of sp³-hybridized carbons (Fsp3) is 0.280. The van der Waals surface area contributed by atoms with Crippen LogP contribution in [-0.4, -0.2) is 29.2 Å². The molecule has 0 unspecified atom stereocenters. The first-order valence-electron chi connectivity index (χ1n) is 10.6. The molecule has 1 amide bonds. The van der Waals surface area contributed by atoms with Gasteiger partial charge in [0.05, 0.1) is 17.6 Å². The number of aromatic nitrogens is 1. The molecule has 2 aliphatic rings. The minimum absolute atomic E-state index is 0.0460. The zero-order valence-electron chi connectivity index (χ0n) is 18.2. The van der Waals surface area contributed by atoms with Crippen LogP contribution in [0.15, 0.2) is 60.9 Å². The molecule has 0 bridgehead atoms. The standard InChI is InChI=1S/C25H25BN2O3/c1-24(2)25(3,4)31-26(30-24)19-12-18(14-27-15-19)16-8-10-17(11-9-16)20-6-5-7-22-21(20)13-23(29)28-22/h5-12,14-15H,13H2,1-4H3,(H,28,29). The van der Waals surface area contributed by atoms with Gasteiger partial charge in [0.1, 0.15) is 0 Å². The van der Waals surface area contributed by atoms with Gasteiger partial charge in [-0.15, -0.1) is 0 Å². The summed E-state index contributed by atoms with van der Waals surface area (Å²) in [5, 5.41) is 2.92. The van der Waals surface area contributed by atoms with Crippen molar-refractivity contribution in [1.82, 2.24) is 4.98 Å². The normalized spacial score (nSPS) is 18.7. The highest BCUT2D eigenvalue weighted by molar-refractivity contribution is 6.62. The molecule has 0 spiro atoms. The summed E-state index contributed by atoms with van der Waals surface area (Å²) in [6, 6.07) is 16.4. The second-order valence-corrected chi connectivity index (χ2v) is 9.23. The molecule has 0 aliphatic carbocycles. The summed E-state index contributed by atoms with van der Waals surface area (Å²) in [4.78, 5) is 16.2. The lowest BCUT2D eigenvalue weighted by molar-refractivity contribution is -0.115. The molecular weight excluding hydrogens is 387 g/mol. The van der Waals surface area contributed by atoms with Crippen molar-refractivity contribution in [1.29, 1.82) is 0 Å². The molecule has 0 saturated carbocycles. The number of pyridine rings is 1. The Morgan fingerprint density at radius 3 is 2.29 bits per heavy atom. The lowest BCUT2D eigenvalue weighted by atomic mass is 9.79. The molecule has 0 radical (unpaired) electrons. The van der Waals surface area contributed by atoms with Crippen molar-refractivity contribution >= 4 is 24.2 Å². The summed E-state index contributed by atoms with van der Waals surface area (Å²) in [6.45, 7) is 8.19. The summed E-state index contributed by atoms with van der Waals surface area (Å²) < 4.78 is 12.3. The van der Waals surface area contributed by atoms with Crippen LogP contribution in [-0.2, 0) is 20.5 Å². The summed E-state index contributed by atoms with van der Waals surface area (Å²) in [5.74, 6) is 0.0460. The third kappa shape index (κ3) is 3.46. The molecular formula is C25H25BN2O3. The van der Waals surface area contributed by atoms with Crippen LogP contribution in [0.1, 0.15) is 33.3 Å². The summed E-state index contributed by atoms with van der Waals surface area (Å²) in [5.41, 5.74) is 6.36. The second-order valence-electron chi connectivity index (χ2n) is 9.23. The lowest BCUT2D eigenvalue weighted by Gasteiger charge is -2.32. The van der Waals surface area contributed by atoms with E-state index in [0.717, 1.165) is 39.0 Å². The SMILES string of the molecule is CC1(C)OB(c2cncc(-c3ccc(-c4cccc5c4CC(=O)N5)cc3)c2)OC1(C)C. The first-order chi connectivity index (χ1) is 14.7. The molecule has 1 saturated heterocycles. The molecule has 31 heavy (non-hydrogen) atoms. The average molecular weight is 412 g/mol. The lowest BCUT2D eigenvalue weighted by Crippen LogP contribution is -2.41. The van der Waals surface area contributed by atoms with Gasteiger partial charge >= 0.3 is 7.12 Å². The van der Waals surface area contributed by atoms with E-state index in [1.54, 1.807) is 6.20 Å². The minimum Gasteiger partial charge on any atom is -0.399 e. The number of carbonyl (C=O) groups is 1. The number of amides is 1. The molecule has 5 rings (SSSR count). The van der Waals surface area contributed by atoms with Crippen LogP contribution in [0.4, 0.5) is 5.69 Å². The smallest absolute Gasteiger partial charge is 0.399 e.